The summed E-state index contributed by atoms with van der Waals surface area (Å²) < 4.78 is 0. The Labute approximate surface area is 202 Å². The Hall–Kier alpha value is -3.95. The molecule has 0 bridgehead atoms. The molecule has 6 aromatic rings. The van der Waals surface area contributed by atoms with E-state index in [2.05, 4.69) is 110 Å². The van der Waals surface area contributed by atoms with Gasteiger partial charge in [0.05, 0.1) is 11.2 Å². The second-order valence-corrected chi connectivity index (χ2v) is 9.87. The first kappa shape index (κ1) is 19.5. The number of hydrogen-bond donors (Lipinski definition) is 0. The van der Waals surface area contributed by atoms with Crippen molar-refractivity contribution in [1.82, 2.24) is 9.97 Å². The molecule has 34 heavy (non-hydrogen) atoms. The predicted molar refractivity (Wildman–Crippen MR) is 142 cm³/mol. The molecule has 160 valence electrons. The fraction of sp³-hybridized carbons (Fsp3) is 0.0323. The van der Waals surface area contributed by atoms with E-state index >= 15 is 0 Å². The molecule has 1 aliphatic rings. The van der Waals surface area contributed by atoms with Gasteiger partial charge in [-0.2, -0.15) is 0 Å². The summed E-state index contributed by atoms with van der Waals surface area (Å²) in [5.41, 5.74) is 7.98. The van der Waals surface area contributed by atoms with E-state index in [9.17, 15) is 0 Å². The molecule has 0 saturated carbocycles. The highest BCUT2D eigenvalue weighted by atomic mass is 32.2. The van der Waals surface area contributed by atoms with Crippen LogP contribution in [0.2, 0.25) is 0 Å². The Bertz CT molecular complexity index is 1740. The lowest BCUT2D eigenvalue weighted by molar-refractivity contribution is 1.20. The fourth-order valence-electron chi connectivity index (χ4n) is 4.74. The third-order valence-electron chi connectivity index (χ3n) is 6.53. The predicted octanol–water partition coefficient (Wildman–Crippen LogP) is 8.56. The van der Waals surface area contributed by atoms with Crippen LogP contribution < -0.4 is 0 Å². The molecule has 5 aromatic carbocycles. The van der Waals surface area contributed by atoms with E-state index in [-0.39, 0.29) is 0 Å². The van der Waals surface area contributed by atoms with Crippen molar-refractivity contribution in [1.29, 1.82) is 0 Å². The standard InChI is InChI=1S/C31H20N2S/c1-19-9-11-20(12-10-19)21-13-14-23-18-24(16-15-22(23)17-21)31-32-26-6-4-8-28-29(26)30(33-31)25-5-2-3-7-27(25)34-28/h2-18H,1H3. The minimum atomic E-state index is 0.769. The number of hydrogen-bond acceptors (Lipinski definition) is 3. The van der Waals surface area contributed by atoms with E-state index in [0.717, 1.165) is 28.0 Å². The summed E-state index contributed by atoms with van der Waals surface area (Å²) >= 11 is 1.80. The monoisotopic (exact) mass is 452 g/mol. The van der Waals surface area contributed by atoms with E-state index in [4.69, 9.17) is 9.97 Å². The van der Waals surface area contributed by atoms with Gasteiger partial charge in [0.1, 0.15) is 0 Å². The minimum absolute atomic E-state index is 0.769. The average Bonchev–Trinajstić information content (AvgIpc) is 2.88. The first-order chi connectivity index (χ1) is 16.7. The average molecular weight is 453 g/mol. The van der Waals surface area contributed by atoms with Gasteiger partial charge >= 0.3 is 0 Å². The largest absolute Gasteiger partial charge is 0.228 e. The molecule has 1 aromatic heterocycles. The SMILES string of the molecule is Cc1ccc(-c2ccc3cc(-c4nc5c6c(cccc6n4)Sc4ccccc4-5)ccc3c2)cc1. The molecular weight excluding hydrogens is 432 g/mol. The van der Waals surface area contributed by atoms with Crippen molar-refractivity contribution in [3.8, 4) is 33.8 Å². The Kier molecular flexibility index (Phi) is 4.33. The van der Waals surface area contributed by atoms with Crippen LogP contribution in [-0.4, -0.2) is 9.97 Å². The molecule has 0 fully saturated rings. The number of rotatable bonds is 2. The lowest BCUT2D eigenvalue weighted by atomic mass is 9.99. The van der Waals surface area contributed by atoms with Crippen LogP contribution in [0.5, 0.6) is 0 Å². The van der Waals surface area contributed by atoms with Gasteiger partial charge in [0.25, 0.3) is 0 Å². The Morgan fingerprint density at radius 1 is 0.588 bits per heavy atom. The summed E-state index contributed by atoms with van der Waals surface area (Å²) in [6.45, 7) is 2.12. The van der Waals surface area contributed by atoms with Gasteiger partial charge in [0.15, 0.2) is 5.82 Å². The second-order valence-electron chi connectivity index (χ2n) is 8.79. The molecule has 3 heteroatoms. The van der Waals surface area contributed by atoms with Crippen molar-refractivity contribution in [2.45, 2.75) is 16.7 Å². The van der Waals surface area contributed by atoms with E-state index < -0.39 is 0 Å². The van der Waals surface area contributed by atoms with Crippen LogP contribution >= 0.6 is 11.8 Å². The summed E-state index contributed by atoms with van der Waals surface area (Å²) in [7, 11) is 0. The van der Waals surface area contributed by atoms with Crippen molar-refractivity contribution >= 4 is 33.4 Å². The summed E-state index contributed by atoms with van der Waals surface area (Å²) in [5.74, 6) is 0.769. The van der Waals surface area contributed by atoms with Crippen molar-refractivity contribution in [2.24, 2.45) is 0 Å². The molecule has 7 rings (SSSR count). The van der Waals surface area contributed by atoms with Gasteiger partial charge in [-0.3, -0.25) is 0 Å². The highest BCUT2D eigenvalue weighted by molar-refractivity contribution is 7.99. The third kappa shape index (κ3) is 3.12. The molecule has 0 unspecified atom stereocenters. The second kappa shape index (κ2) is 7.54. The van der Waals surface area contributed by atoms with Crippen LogP contribution in [0.25, 0.3) is 55.4 Å². The third-order valence-corrected chi connectivity index (χ3v) is 7.67. The number of benzene rings is 5. The quantitative estimate of drug-likeness (QED) is 0.263. The zero-order valence-corrected chi connectivity index (χ0v) is 19.4. The van der Waals surface area contributed by atoms with Gasteiger partial charge < -0.3 is 0 Å². The zero-order chi connectivity index (χ0) is 22.6. The Balaban J connectivity index is 1.37. The van der Waals surface area contributed by atoms with E-state index in [1.807, 2.05) is 0 Å². The van der Waals surface area contributed by atoms with Crippen molar-refractivity contribution in [2.75, 3.05) is 0 Å². The Morgan fingerprint density at radius 3 is 2.15 bits per heavy atom. The van der Waals surface area contributed by atoms with Crippen LogP contribution in [0.3, 0.4) is 0 Å². The van der Waals surface area contributed by atoms with Crippen molar-refractivity contribution in [3.63, 3.8) is 0 Å². The number of nitrogens with zero attached hydrogens (tertiary/aromatic N) is 2. The lowest BCUT2D eigenvalue weighted by Gasteiger charge is -2.19. The van der Waals surface area contributed by atoms with Gasteiger partial charge in [0, 0.05) is 26.3 Å². The summed E-state index contributed by atoms with van der Waals surface area (Å²) in [5, 5.41) is 3.56. The topological polar surface area (TPSA) is 25.8 Å². The van der Waals surface area contributed by atoms with Crippen LogP contribution in [-0.2, 0) is 0 Å². The van der Waals surface area contributed by atoms with E-state index in [0.29, 0.717) is 0 Å². The molecule has 0 N–H and O–H groups in total. The molecule has 0 saturated heterocycles. The lowest BCUT2D eigenvalue weighted by Crippen LogP contribution is -2.00. The van der Waals surface area contributed by atoms with Gasteiger partial charge in [-0.1, -0.05) is 90.1 Å². The maximum Gasteiger partial charge on any atom is 0.160 e. The van der Waals surface area contributed by atoms with Crippen LogP contribution in [0.15, 0.2) is 113 Å². The normalized spacial score (nSPS) is 12.1. The van der Waals surface area contributed by atoms with Gasteiger partial charge in [-0.05, 0) is 59.2 Å². The summed E-state index contributed by atoms with van der Waals surface area (Å²) in [6.07, 6.45) is 0. The van der Waals surface area contributed by atoms with Crippen LogP contribution in [0, 0.1) is 6.92 Å². The van der Waals surface area contributed by atoms with Crippen LogP contribution in [0.4, 0.5) is 0 Å². The van der Waals surface area contributed by atoms with Gasteiger partial charge in [-0.15, -0.1) is 0 Å². The molecule has 0 radical (unpaired) electrons. The first-order valence-corrected chi connectivity index (χ1v) is 12.2. The Morgan fingerprint density at radius 2 is 1.29 bits per heavy atom. The number of aromatic nitrogens is 2. The molecular formula is C31H20N2S. The molecule has 0 amide bonds. The summed E-state index contributed by atoms with van der Waals surface area (Å²) in [4.78, 5) is 12.5. The van der Waals surface area contributed by atoms with Crippen LogP contribution in [0.1, 0.15) is 5.56 Å². The maximum atomic E-state index is 5.10. The van der Waals surface area contributed by atoms with E-state index in [1.54, 1.807) is 11.8 Å². The minimum Gasteiger partial charge on any atom is -0.228 e. The maximum absolute atomic E-state index is 5.10. The summed E-state index contributed by atoms with van der Waals surface area (Å²) in [6, 6.07) is 36.7. The fourth-order valence-corrected chi connectivity index (χ4v) is 5.85. The van der Waals surface area contributed by atoms with Gasteiger partial charge in [0.2, 0.25) is 0 Å². The molecule has 1 aliphatic heterocycles. The van der Waals surface area contributed by atoms with Gasteiger partial charge in [-0.25, -0.2) is 9.97 Å². The van der Waals surface area contributed by atoms with Crippen molar-refractivity contribution < 1.29 is 0 Å². The molecule has 0 aliphatic carbocycles. The molecule has 0 atom stereocenters. The first-order valence-electron chi connectivity index (χ1n) is 11.4. The zero-order valence-electron chi connectivity index (χ0n) is 18.6. The van der Waals surface area contributed by atoms with E-state index in [1.165, 1.54) is 42.8 Å². The molecule has 2 nitrogen and oxygen atoms in total. The molecule has 0 spiro atoms. The number of aryl methyl sites for hydroxylation is 1. The highest BCUT2D eigenvalue weighted by Crippen LogP contribution is 2.47. The number of fused-ring (bicyclic) bond motifs is 3. The smallest absolute Gasteiger partial charge is 0.160 e. The highest BCUT2D eigenvalue weighted by Gasteiger charge is 2.22. The van der Waals surface area contributed by atoms with Crippen molar-refractivity contribution in [3.05, 3.63) is 109 Å². The molecule has 2 heterocycles.